The van der Waals surface area contributed by atoms with E-state index in [0.717, 1.165) is 31.0 Å². The van der Waals surface area contributed by atoms with Crippen LogP contribution in [0.25, 0.3) is 0 Å². The molecule has 1 aliphatic heterocycles. The lowest BCUT2D eigenvalue weighted by molar-refractivity contribution is 0.274. The summed E-state index contributed by atoms with van der Waals surface area (Å²) >= 11 is 0. The van der Waals surface area contributed by atoms with Crippen LogP contribution in [0.5, 0.6) is 0 Å². The van der Waals surface area contributed by atoms with Crippen molar-refractivity contribution in [3.05, 3.63) is 23.9 Å². The number of anilines is 1. The minimum atomic E-state index is 0.0690. The average Bonchev–Trinajstić information content (AvgIpc) is 2.29. The summed E-state index contributed by atoms with van der Waals surface area (Å²) in [7, 11) is 2.17. The van der Waals surface area contributed by atoms with Crippen molar-refractivity contribution in [2.24, 2.45) is 5.73 Å². The number of pyridine rings is 1. The molecule has 0 bridgehead atoms. The number of nitrogens with zero attached hydrogens (tertiary/aromatic N) is 3. The Bertz CT molecular complexity index is 377. The summed E-state index contributed by atoms with van der Waals surface area (Å²) in [5.41, 5.74) is 7.07. The topological polar surface area (TPSA) is 45.4 Å². The van der Waals surface area contributed by atoms with E-state index in [9.17, 15) is 0 Å². The van der Waals surface area contributed by atoms with Crippen LogP contribution in [-0.4, -0.2) is 42.6 Å². The maximum absolute atomic E-state index is 5.91. The first-order valence-corrected chi connectivity index (χ1v) is 6.24. The van der Waals surface area contributed by atoms with Gasteiger partial charge in [0.25, 0.3) is 0 Å². The minimum Gasteiger partial charge on any atom is -0.351 e. The lowest BCUT2D eigenvalue weighted by Crippen LogP contribution is -2.50. The second-order valence-electron chi connectivity index (χ2n) is 5.04. The van der Waals surface area contributed by atoms with Crippen molar-refractivity contribution in [3.63, 3.8) is 0 Å². The zero-order valence-corrected chi connectivity index (χ0v) is 10.9. The van der Waals surface area contributed by atoms with Gasteiger partial charge >= 0.3 is 0 Å². The van der Waals surface area contributed by atoms with Crippen LogP contribution in [0.4, 0.5) is 5.82 Å². The van der Waals surface area contributed by atoms with Gasteiger partial charge in [0.2, 0.25) is 0 Å². The van der Waals surface area contributed by atoms with E-state index in [1.165, 1.54) is 0 Å². The molecular formula is C13H22N4. The van der Waals surface area contributed by atoms with E-state index in [1.807, 2.05) is 19.2 Å². The Morgan fingerprint density at radius 1 is 1.47 bits per heavy atom. The summed E-state index contributed by atoms with van der Waals surface area (Å²) in [6, 6.07) is 4.69. The van der Waals surface area contributed by atoms with Gasteiger partial charge in [0.15, 0.2) is 0 Å². The smallest absolute Gasteiger partial charge is 0.129 e. The summed E-state index contributed by atoms with van der Waals surface area (Å²) in [6.45, 7) is 7.47. The summed E-state index contributed by atoms with van der Waals surface area (Å²) in [5, 5.41) is 0. The highest BCUT2D eigenvalue weighted by atomic mass is 15.3. The summed E-state index contributed by atoms with van der Waals surface area (Å²) < 4.78 is 0. The minimum absolute atomic E-state index is 0.0690. The molecule has 0 spiro atoms. The predicted octanol–water partition coefficient (Wildman–Crippen LogP) is 1.24. The number of nitrogens with two attached hydrogens (primary N) is 1. The van der Waals surface area contributed by atoms with Gasteiger partial charge in [0.1, 0.15) is 5.82 Å². The van der Waals surface area contributed by atoms with Crippen molar-refractivity contribution < 1.29 is 0 Å². The maximum Gasteiger partial charge on any atom is 0.129 e. The SMILES string of the molecule is CC1CN(C)CCN1c1cc([C@@H](C)N)ccn1. The van der Waals surface area contributed by atoms with Gasteiger partial charge in [-0.1, -0.05) is 0 Å². The largest absolute Gasteiger partial charge is 0.351 e. The molecule has 4 nitrogen and oxygen atoms in total. The molecule has 1 fully saturated rings. The molecule has 0 saturated carbocycles. The molecule has 0 amide bonds. The van der Waals surface area contributed by atoms with Crippen molar-refractivity contribution in [1.29, 1.82) is 0 Å². The predicted molar refractivity (Wildman–Crippen MR) is 71.1 cm³/mol. The Balaban J connectivity index is 2.19. The molecule has 1 aliphatic rings. The molecule has 94 valence electrons. The number of likely N-dealkylation sites (N-methyl/N-ethyl adjacent to an activating group) is 1. The molecular weight excluding hydrogens is 212 g/mol. The standard InChI is InChI=1S/C13H22N4/c1-10-9-16(3)6-7-17(10)13-8-12(11(2)14)4-5-15-13/h4-5,8,10-11H,6-7,9,14H2,1-3H3/t10?,11-/m1/s1. The molecule has 1 aromatic rings. The Morgan fingerprint density at radius 2 is 2.24 bits per heavy atom. The molecule has 2 rings (SSSR count). The van der Waals surface area contributed by atoms with E-state index in [2.05, 4.69) is 34.8 Å². The third kappa shape index (κ3) is 2.76. The van der Waals surface area contributed by atoms with Crippen molar-refractivity contribution in [1.82, 2.24) is 9.88 Å². The first-order valence-electron chi connectivity index (χ1n) is 6.24. The molecule has 1 saturated heterocycles. The normalized spacial score (nSPS) is 23.8. The Morgan fingerprint density at radius 3 is 2.88 bits per heavy atom. The van der Waals surface area contributed by atoms with Gasteiger partial charge in [-0.2, -0.15) is 0 Å². The highest BCUT2D eigenvalue weighted by Crippen LogP contribution is 2.20. The van der Waals surface area contributed by atoms with Gasteiger partial charge in [0, 0.05) is 37.9 Å². The number of piperazine rings is 1. The van der Waals surface area contributed by atoms with Crippen LogP contribution in [0.1, 0.15) is 25.5 Å². The number of rotatable bonds is 2. The van der Waals surface area contributed by atoms with Gasteiger partial charge in [-0.15, -0.1) is 0 Å². The second-order valence-corrected chi connectivity index (χ2v) is 5.04. The van der Waals surface area contributed by atoms with Crippen LogP contribution in [0.2, 0.25) is 0 Å². The first kappa shape index (κ1) is 12.3. The fourth-order valence-electron chi connectivity index (χ4n) is 2.35. The molecule has 2 heterocycles. The molecule has 17 heavy (non-hydrogen) atoms. The molecule has 0 aliphatic carbocycles. The van der Waals surface area contributed by atoms with Gasteiger partial charge in [-0.25, -0.2) is 4.98 Å². The third-order valence-corrected chi connectivity index (χ3v) is 3.42. The van der Waals surface area contributed by atoms with Gasteiger partial charge < -0.3 is 15.5 Å². The van der Waals surface area contributed by atoms with Crippen LogP contribution >= 0.6 is 0 Å². The van der Waals surface area contributed by atoms with Crippen molar-refractivity contribution in [2.75, 3.05) is 31.6 Å². The summed E-state index contributed by atoms with van der Waals surface area (Å²) in [6.07, 6.45) is 1.86. The van der Waals surface area contributed by atoms with Crippen LogP contribution in [-0.2, 0) is 0 Å². The summed E-state index contributed by atoms with van der Waals surface area (Å²) in [4.78, 5) is 9.20. The third-order valence-electron chi connectivity index (χ3n) is 3.42. The lowest BCUT2D eigenvalue weighted by Gasteiger charge is -2.39. The van der Waals surface area contributed by atoms with Crippen molar-refractivity contribution >= 4 is 5.82 Å². The molecule has 2 N–H and O–H groups in total. The number of aromatic nitrogens is 1. The Hall–Kier alpha value is -1.13. The monoisotopic (exact) mass is 234 g/mol. The van der Waals surface area contributed by atoms with E-state index in [0.29, 0.717) is 6.04 Å². The zero-order valence-electron chi connectivity index (χ0n) is 10.9. The fraction of sp³-hybridized carbons (Fsp3) is 0.615. The van der Waals surface area contributed by atoms with E-state index in [4.69, 9.17) is 5.73 Å². The number of hydrogen-bond donors (Lipinski definition) is 1. The number of hydrogen-bond acceptors (Lipinski definition) is 4. The van der Waals surface area contributed by atoms with Crippen LogP contribution in [0.15, 0.2) is 18.3 Å². The maximum atomic E-state index is 5.91. The molecule has 2 atom stereocenters. The summed E-state index contributed by atoms with van der Waals surface area (Å²) in [5.74, 6) is 1.06. The van der Waals surface area contributed by atoms with E-state index >= 15 is 0 Å². The molecule has 1 aromatic heterocycles. The second kappa shape index (κ2) is 5.02. The lowest BCUT2D eigenvalue weighted by atomic mass is 10.1. The molecule has 4 heteroatoms. The average molecular weight is 234 g/mol. The highest BCUT2D eigenvalue weighted by molar-refractivity contribution is 5.43. The van der Waals surface area contributed by atoms with Crippen molar-refractivity contribution in [3.8, 4) is 0 Å². The van der Waals surface area contributed by atoms with Crippen LogP contribution in [0.3, 0.4) is 0 Å². The van der Waals surface area contributed by atoms with E-state index < -0.39 is 0 Å². The molecule has 0 radical (unpaired) electrons. The Kier molecular flexibility index (Phi) is 3.64. The Labute approximate surface area is 103 Å². The van der Waals surface area contributed by atoms with Crippen LogP contribution in [0, 0.1) is 0 Å². The molecule has 1 unspecified atom stereocenters. The van der Waals surface area contributed by atoms with E-state index in [1.54, 1.807) is 0 Å². The van der Waals surface area contributed by atoms with Gasteiger partial charge in [0.05, 0.1) is 0 Å². The molecule has 0 aromatic carbocycles. The zero-order chi connectivity index (χ0) is 12.4. The first-order chi connectivity index (χ1) is 8.08. The van der Waals surface area contributed by atoms with Gasteiger partial charge in [-0.3, -0.25) is 0 Å². The van der Waals surface area contributed by atoms with Gasteiger partial charge in [-0.05, 0) is 38.6 Å². The van der Waals surface area contributed by atoms with Crippen LogP contribution < -0.4 is 10.6 Å². The van der Waals surface area contributed by atoms with Crippen molar-refractivity contribution in [2.45, 2.75) is 25.9 Å². The quantitative estimate of drug-likeness (QED) is 0.836. The van der Waals surface area contributed by atoms with E-state index in [-0.39, 0.29) is 6.04 Å². The fourth-order valence-corrected chi connectivity index (χ4v) is 2.35. The highest BCUT2D eigenvalue weighted by Gasteiger charge is 2.22.